The maximum atomic E-state index is 11.8. The van der Waals surface area contributed by atoms with Gasteiger partial charge in [0.05, 0.1) is 0 Å². The monoisotopic (exact) mass is 463 g/mol. The van der Waals surface area contributed by atoms with E-state index >= 15 is 0 Å². The standard InChI is InChI=1S/C23H45NO3Se/c1-3-4-5-6-7-8-9-10-11-12-13-14-15-16-17-18-19-27-23(26)22(20-28)24-21(2)25/h22,28H,3-20H2,1-2H3,(H,24,25)/t22-/m0/s1. The zero-order valence-electron chi connectivity index (χ0n) is 18.5. The van der Waals surface area contributed by atoms with E-state index in [0.717, 1.165) is 12.8 Å². The number of amides is 1. The van der Waals surface area contributed by atoms with Crippen LogP contribution < -0.4 is 5.32 Å². The van der Waals surface area contributed by atoms with Crippen LogP contribution in [0.25, 0.3) is 0 Å². The number of esters is 1. The van der Waals surface area contributed by atoms with Crippen LogP contribution in [-0.2, 0) is 14.3 Å². The molecule has 0 spiro atoms. The number of carbonyl (C=O) groups is 2. The average molecular weight is 463 g/mol. The van der Waals surface area contributed by atoms with Crippen molar-refractivity contribution in [3.8, 4) is 0 Å². The molecule has 0 aliphatic carbocycles. The van der Waals surface area contributed by atoms with E-state index < -0.39 is 6.04 Å². The number of nitrogens with one attached hydrogen (secondary N) is 1. The molecule has 0 aromatic rings. The van der Waals surface area contributed by atoms with Crippen LogP contribution in [0, 0.1) is 0 Å². The summed E-state index contributed by atoms with van der Waals surface area (Å²) in [5.74, 6) is -0.521. The molecule has 5 heteroatoms. The van der Waals surface area contributed by atoms with Gasteiger partial charge >= 0.3 is 117 Å². The summed E-state index contributed by atoms with van der Waals surface area (Å²) in [6, 6.07) is -0.529. The first-order valence-electron chi connectivity index (χ1n) is 11.7. The van der Waals surface area contributed by atoms with Crippen molar-refractivity contribution in [1.29, 1.82) is 0 Å². The van der Waals surface area contributed by atoms with Crippen molar-refractivity contribution in [1.82, 2.24) is 5.32 Å². The number of unbranched alkanes of at least 4 members (excludes halogenated alkanes) is 15. The minimum absolute atomic E-state index is 0.199. The number of ether oxygens (including phenoxy) is 1. The molecule has 4 nitrogen and oxygen atoms in total. The second-order valence-electron chi connectivity index (χ2n) is 7.91. The van der Waals surface area contributed by atoms with E-state index in [4.69, 9.17) is 4.74 Å². The van der Waals surface area contributed by atoms with Gasteiger partial charge in [-0.3, -0.25) is 0 Å². The van der Waals surface area contributed by atoms with E-state index in [1.54, 1.807) is 0 Å². The van der Waals surface area contributed by atoms with E-state index in [1.165, 1.54) is 96.8 Å². The Balaban J connectivity index is 3.27. The minimum atomic E-state index is -0.529. The number of carbonyl (C=O) groups excluding carboxylic acids is 2. The van der Waals surface area contributed by atoms with Gasteiger partial charge in [0.15, 0.2) is 0 Å². The Morgan fingerprint density at radius 1 is 0.750 bits per heavy atom. The summed E-state index contributed by atoms with van der Waals surface area (Å²) in [5.41, 5.74) is 0. The molecule has 0 unspecified atom stereocenters. The predicted octanol–water partition coefficient (Wildman–Crippen LogP) is 5.61. The van der Waals surface area contributed by atoms with Crippen LogP contribution in [0.5, 0.6) is 0 Å². The van der Waals surface area contributed by atoms with Crippen molar-refractivity contribution < 1.29 is 14.3 Å². The Labute approximate surface area is 182 Å². The predicted molar refractivity (Wildman–Crippen MR) is 120 cm³/mol. The van der Waals surface area contributed by atoms with Gasteiger partial charge in [0.2, 0.25) is 0 Å². The SMILES string of the molecule is CCCCCCCCCCCCCCCCCCOC(=O)[C@H](C[SeH])NC(C)=O. The molecule has 1 N–H and O–H groups in total. The summed E-state index contributed by atoms with van der Waals surface area (Å²) < 4.78 is 5.25. The molecule has 0 saturated carbocycles. The molecule has 0 heterocycles. The molecule has 0 aromatic heterocycles. The summed E-state index contributed by atoms with van der Waals surface area (Å²) in [7, 11) is 0. The van der Waals surface area contributed by atoms with E-state index in [1.807, 2.05) is 0 Å². The van der Waals surface area contributed by atoms with E-state index in [0.29, 0.717) is 11.9 Å². The van der Waals surface area contributed by atoms with Crippen LogP contribution >= 0.6 is 0 Å². The van der Waals surface area contributed by atoms with Crippen LogP contribution in [0.1, 0.15) is 117 Å². The van der Waals surface area contributed by atoms with Crippen molar-refractivity contribution in [2.24, 2.45) is 0 Å². The van der Waals surface area contributed by atoms with Crippen molar-refractivity contribution >= 4 is 27.9 Å². The van der Waals surface area contributed by atoms with Crippen LogP contribution in [0.15, 0.2) is 0 Å². The van der Waals surface area contributed by atoms with Gasteiger partial charge in [0, 0.05) is 0 Å². The number of hydrogen-bond donors (Lipinski definition) is 1. The normalized spacial score (nSPS) is 12.0. The third-order valence-corrected chi connectivity index (χ3v) is 5.85. The molecular formula is C23H45NO3Se. The summed E-state index contributed by atoms with van der Waals surface area (Å²) in [6.07, 6.45) is 21.3. The van der Waals surface area contributed by atoms with E-state index in [2.05, 4.69) is 28.3 Å². The Morgan fingerprint density at radius 3 is 1.50 bits per heavy atom. The topological polar surface area (TPSA) is 55.4 Å². The molecule has 0 aliphatic rings. The average Bonchev–Trinajstić information content (AvgIpc) is 2.68. The first-order chi connectivity index (χ1) is 13.6. The van der Waals surface area contributed by atoms with Crippen LogP contribution in [0.3, 0.4) is 0 Å². The molecular weight excluding hydrogens is 417 g/mol. The molecule has 0 radical (unpaired) electrons. The van der Waals surface area contributed by atoms with Crippen molar-refractivity contribution in [3.05, 3.63) is 0 Å². The fraction of sp³-hybridized carbons (Fsp3) is 0.913. The number of hydrogen-bond acceptors (Lipinski definition) is 3. The fourth-order valence-corrected chi connectivity index (χ4v) is 3.85. The summed E-state index contributed by atoms with van der Waals surface area (Å²) in [4.78, 5) is 22.8. The molecule has 0 aliphatic heterocycles. The third-order valence-electron chi connectivity index (χ3n) is 5.09. The van der Waals surface area contributed by atoms with Gasteiger partial charge in [-0.15, -0.1) is 0 Å². The Kier molecular flexibility index (Phi) is 20.8. The fourth-order valence-electron chi connectivity index (χ4n) is 3.35. The molecule has 0 bridgehead atoms. The first kappa shape index (κ1) is 27.5. The van der Waals surface area contributed by atoms with Gasteiger partial charge in [-0.2, -0.15) is 0 Å². The van der Waals surface area contributed by atoms with Crippen LogP contribution in [-0.4, -0.2) is 40.5 Å². The van der Waals surface area contributed by atoms with Crippen molar-refractivity contribution in [3.63, 3.8) is 0 Å². The summed E-state index contributed by atoms with van der Waals surface area (Å²) in [5, 5.41) is 3.11. The quantitative estimate of drug-likeness (QED) is 0.145. The molecule has 1 amide bonds. The van der Waals surface area contributed by atoms with Gasteiger partial charge in [-0.1, -0.05) is 64.7 Å². The van der Waals surface area contributed by atoms with E-state index in [9.17, 15) is 9.59 Å². The Morgan fingerprint density at radius 2 is 1.14 bits per heavy atom. The second-order valence-corrected chi connectivity index (χ2v) is 8.67. The summed E-state index contributed by atoms with van der Waals surface area (Å²) in [6.45, 7) is 4.15. The molecule has 0 saturated heterocycles. The van der Waals surface area contributed by atoms with Crippen molar-refractivity contribution in [2.45, 2.75) is 128 Å². The summed E-state index contributed by atoms with van der Waals surface area (Å²) >= 11 is 2.32. The molecule has 1 atom stereocenters. The Hall–Kier alpha value is -0.541. The van der Waals surface area contributed by atoms with Gasteiger partial charge < -0.3 is 0 Å². The molecule has 0 fully saturated rings. The maximum absolute atomic E-state index is 11.8. The van der Waals surface area contributed by atoms with Crippen LogP contribution in [0.2, 0.25) is 5.32 Å². The van der Waals surface area contributed by atoms with Gasteiger partial charge in [0.1, 0.15) is 0 Å². The van der Waals surface area contributed by atoms with Gasteiger partial charge in [-0.25, -0.2) is 0 Å². The number of rotatable bonds is 20. The Bertz CT molecular complexity index is 377. The third kappa shape index (κ3) is 18.8. The van der Waals surface area contributed by atoms with E-state index in [-0.39, 0.29) is 11.9 Å². The molecule has 28 heavy (non-hydrogen) atoms. The zero-order chi connectivity index (χ0) is 20.9. The van der Waals surface area contributed by atoms with Crippen molar-refractivity contribution in [2.75, 3.05) is 6.61 Å². The second kappa shape index (κ2) is 21.2. The first-order valence-corrected chi connectivity index (χ1v) is 13.0. The molecule has 166 valence electrons. The molecule has 0 aromatic carbocycles. The van der Waals surface area contributed by atoms with Crippen LogP contribution in [0.4, 0.5) is 0 Å². The van der Waals surface area contributed by atoms with Gasteiger partial charge in [-0.05, 0) is 0 Å². The van der Waals surface area contributed by atoms with Gasteiger partial charge in [0.25, 0.3) is 0 Å². The zero-order valence-corrected chi connectivity index (χ0v) is 20.4. The molecule has 0 rings (SSSR count).